The average molecular weight is 299 g/mol. The summed E-state index contributed by atoms with van der Waals surface area (Å²) in [4.78, 5) is 25.8. The number of nitrogens with zero attached hydrogens (tertiary/aromatic N) is 2. The predicted molar refractivity (Wildman–Crippen MR) is 83.6 cm³/mol. The molecule has 0 bridgehead atoms. The zero-order chi connectivity index (χ0) is 13.7. The van der Waals surface area contributed by atoms with Crippen LogP contribution in [0.25, 0.3) is 31.0 Å². The Balaban J connectivity index is 2.07. The largest absolute Gasteiger partial charge is 0.310 e. The third-order valence-electron chi connectivity index (χ3n) is 3.08. The maximum absolute atomic E-state index is 12.0. The van der Waals surface area contributed by atoms with E-state index < -0.39 is 0 Å². The first kappa shape index (κ1) is 11.7. The molecule has 0 radical (unpaired) electrons. The molecular formula is C14H9N3OS2. The van der Waals surface area contributed by atoms with E-state index in [0.29, 0.717) is 10.5 Å². The molecule has 0 spiro atoms. The summed E-state index contributed by atoms with van der Waals surface area (Å²) in [6.07, 6.45) is 0. The number of hydrogen-bond acceptors (Lipinski definition) is 5. The molecule has 20 heavy (non-hydrogen) atoms. The molecule has 0 fully saturated rings. The van der Waals surface area contributed by atoms with Crippen LogP contribution in [0.2, 0.25) is 0 Å². The van der Waals surface area contributed by atoms with E-state index in [2.05, 4.69) is 15.0 Å². The van der Waals surface area contributed by atoms with Gasteiger partial charge in [-0.15, -0.1) is 22.7 Å². The van der Waals surface area contributed by atoms with Crippen LogP contribution in [0.1, 0.15) is 5.82 Å². The maximum Gasteiger partial charge on any atom is 0.268 e. The fourth-order valence-electron chi connectivity index (χ4n) is 2.21. The molecule has 4 aromatic rings. The summed E-state index contributed by atoms with van der Waals surface area (Å²) in [7, 11) is 0. The van der Waals surface area contributed by atoms with E-state index in [9.17, 15) is 4.79 Å². The second-order valence-electron chi connectivity index (χ2n) is 4.46. The maximum atomic E-state index is 12.0. The van der Waals surface area contributed by atoms with E-state index in [1.807, 2.05) is 29.6 Å². The monoisotopic (exact) mass is 299 g/mol. The van der Waals surface area contributed by atoms with Gasteiger partial charge in [0.2, 0.25) is 0 Å². The normalized spacial score (nSPS) is 11.4. The molecule has 0 amide bonds. The van der Waals surface area contributed by atoms with Crippen molar-refractivity contribution in [2.45, 2.75) is 6.92 Å². The van der Waals surface area contributed by atoms with E-state index in [-0.39, 0.29) is 5.56 Å². The van der Waals surface area contributed by atoms with Crippen molar-refractivity contribution in [3.8, 4) is 10.6 Å². The van der Waals surface area contributed by atoms with Gasteiger partial charge in [0.25, 0.3) is 5.56 Å². The SMILES string of the molecule is Cc1nc2c(sc3nc(-c4cccs4)ccc32)c(=O)[nH]1. The van der Waals surface area contributed by atoms with Gasteiger partial charge in [-0.1, -0.05) is 6.07 Å². The molecule has 6 heteroatoms. The van der Waals surface area contributed by atoms with Crippen LogP contribution in [-0.2, 0) is 0 Å². The molecule has 4 nitrogen and oxygen atoms in total. The fraction of sp³-hybridized carbons (Fsp3) is 0.0714. The molecule has 1 N–H and O–H groups in total. The zero-order valence-corrected chi connectivity index (χ0v) is 12.1. The van der Waals surface area contributed by atoms with Crippen molar-refractivity contribution in [2.24, 2.45) is 0 Å². The lowest BCUT2D eigenvalue weighted by molar-refractivity contribution is 1.07. The number of thiophene rings is 2. The van der Waals surface area contributed by atoms with Crippen LogP contribution in [0.5, 0.6) is 0 Å². The van der Waals surface area contributed by atoms with Gasteiger partial charge in [0.15, 0.2) is 0 Å². The van der Waals surface area contributed by atoms with Crippen molar-refractivity contribution in [1.82, 2.24) is 15.0 Å². The molecule has 0 aliphatic rings. The first-order valence-electron chi connectivity index (χ1n) is 6.06. The summed E-state index contributed by atoms with van der Waals surface area (Å²) >= 11 is 3.05. The van der Waals surface area contributed by atoms with Crippen LogP contribution in [-0.4, -0.2) is 15.0 Å². The molecule has 4 heterocycles. The highest BCUT2D eigenvalue weighted by molar-refractivity contribution is 7.25. The number of aromatic amines is 1. The second kappa shape index (κ2) is 4.22. The summed E-state index contributed by atoms with van der Waals surface area (Å²) in [5.41, 5.74) is 1.59. The van der Waals surface area contributed by atoms with Crippen LogP contribution in [0.4, 0.5) is 0 Å². The Bertz CT molecular complexity index is 983. The standard InChI is InChI=1S/C14H9N3OS2/c1-7-15-11-8-4-5-9(10-3-2-6-19-10)17-14(8)20-12(11)13(18)16-7/h2-6H,1H3,(H,15,16,18). The van der Waals surface area contributed by atoms with Gasteiger partial charge in [-0.05, 0) is 30.5 Å². The lowest BCUT2D eigenvalue weighted by Gasteiger charge is -1.96. The van der Waals surface area contributed by atoms with Crippen LogP contribution < -0.4 is 5.56 Å². The van der Waals surface area contributed by atoms with E-state index in [1.54, 1.807) is 18.3 Å². The molecule has 0 saturated heterocycles. The lowest BCUT2D eigenvalue weighted by Crippen LogP contribution is -2.07. The molecule has 0 saturated carbocycles. The first-order valence-corrected chi connectivity index (χ1v) is 7.76. The average Bonchev–Trinajstić information content (AvgIpc) is 3.05. The number of nitrogens with one attached hydrogen (secondary N) is 1. The minimum Gasteiger partial charge on any atom is -0.310 e. The Kier molecular flexibility index (Phi) is 2.48. The van der Waals surface area contributed by atoms with Crippen LogP contribution >= 0.6 is 22.7 Å². The van der Waals surface area contributed by atoms with Crippen molar-refractivity contribution in [2.75, 3.05) is 0 Å². The highest BCUT2D eigenvalue weighted by Gasteiger charge is 2.12. The molecule has 0 aromatic carbocycles. The van der Waals surface area contributed by atoms with Gasteiger partial charge >= 0.3 is 0 Å². The summed E-state index contributed by atoms with van der Waals surface area (Å²) < 4.78 is 0.640. The number of fused-ring (bicyclic) bond motifs is 3. The highest BCUT2D eigenvalue weighted by Crippen LogP contribution is 2.32. The Morgan fingerprint density at radius 2 is 2.10 bits per heavy atom. The van der Waals surface area contributed by atoms with Gasteiger partial charge < -0.3 is 4.98 Å². The van der Waals surface area contributed by atoms with Crippen molar-refractivity contribution < 1.29 is 0 Å². The zero-order valence-electron chi connectivity index (χ0n) is 10.5. The Morgan fingerprint density at radius 1 is 1.20 bits per heavy atom. The van der Waals surface area contributed by atoms with E-state index >= 15 is 0 Å². The lowest BCUT2D eigenvalue weighted by atomic mass is 10.2. The minimum atomic E-state index is -0.0897. The van der Waals surface area contributed by atoms with Gasteiger partial charge in [-0.3, -0.25) is 4.79 Å². The quantitative estimate of drug-likeness (QED) is 0.584. The summed E-state index contributed by atoms with van der Waals surface area (Å²) in [5.74, 6) is 0.629. The van der Waals surface area contributed by atoms with Gasteiger partial charge in [0.05, 0.1) is 16.1 Å². The molecule has 0 aliphatic heterocycles. The van der Waals surface area contributed by atoms with Crippen molar-refractivity contribution >= 4 is 43.1 Å². The van der Waals surface area contributed by atoms with Crippen molar-refractivity contribution in [1.29, 1.82) is 0 Å². The number of aryl methyl sites for hydroxylation is 1. The van der Waals surface area contributed by atoms with Crippen molar-refractivity contribution in [3.05, 3.63) is 45.8 Å². The van der Waals surface area contributed by atoms with E-state index in [1.165, 1.54) is 11.3 Å². The van der Waals surface area contributed by atoms with Gasteiger partial charge in [-0.25, -0.2) is 9.97 Å². The molecule has 0 aliphatic carbocycles. The number of pyridine rings is 1. The first-order chi connectivity index (χ1) is 9.72. The molecule has 4 rings (SSSR count). The summed E-state index contributed by atoms with van der Waals surface area (Å²) in [6.45, 7) is 1.79. The molecule has 98 valence electrons. The van der Waals surface area contributed by atoms with E-state index in [4.69, 9.17) is 0 Å². The van der Waals surface area contributed by atoms with Crippen LogP contribution in [0.15, 0.2) is 34.4 Å². The summed E-state index contributed by atoms with van der Waals surface area (Å²) in [5, 5.41) is 2.97. The molecule has 4 aromatic heterocycles. The molecule has 0 unspecified atom stereocenters. The highest BCUT2D eigenvalue weighted by atomic mass is 32.1. The molecule has 0 atom stereocenters. The summed E-state index contributed by atoms with van der Waals surface area (Å²) in [6, 6.07) is 8.04. The predicted octanol–water partition coefficient (Wildman–Crippen LogP) is 3.57. The number of aromatic nitrogens is 3. The number of H-pyrrole nitrogens is 1. The fourth-order valence-corrected chi connectivity index (χ4v) is 3.91. The second-order valence-corrected chi connectivity index (χ2v) is 6.40. The Hall–Kier alpha value is -2.05. The molecular weight excluding hydrogens is 290 g/mol. The Morgan fingerprint density at radius 3 is 2.90 bits per heavy atom. The third kappa shape index (κ3) is 1.69. The smallest absolute Gasteiger partial charge is 0.268 e. The van der Waals surface area contributed by atoms with Crippen LogP contribution in [0, 0.1) is 6.92 Å². The van der Waals surface area contributed by atoms with E-state index in [0.717, 1.165) is 26.3 Å². The van der Waals surface area contributed by atoms with Gasteiger partial charge in [0.1, 0.15) is 15.4 Å². The number of rotatable bonds is 1. The van der Waals surface area contributed by atoms with Gasteiger partial charge in [0, 0.05) is 5.39 Å². The Labute approximate surface area is 121 Å². The number of hydrogen-bond donors (Lipinski definition) is 1. The topological polar surface area (TPSA) is 58.6 Å². The third-order valence-corrected chi connectivity index (χ3v) is 5.06. The minimum absolute atomic E-state index is 0.0897. The van der Waals surface area contributed by atoms with Gasteiger partial charge in [-0.2, -0.15) is 0 Å². The van der Waals surface area contributed by atoms with Crippen molar-refractivity contribution in [3.63, 3.8) is 0 Å². The van der Waals surface area contributed by atoms with Crippen LogP contribution in [0.3, 0.4) is 0 Å².